The second-order valence-electron chi connectivity index (χ2n) is 6.12. The molecule has 0 aromatic carbocycles. The molecule has 0 unspecified atom stereocenters. The first kappa shape index (κ1) is 14.5. The second kappa shape index (κ2) is 6.39. The Morgan fingerprint density at radius 3 is 2.35 bits per heavy atom. The standard InChI is InChI=1S/C14H28N2O/c1-5-14(3,4)16-13(17)10-15-12-8-6-11(2)7-9-12/h11-12,15H,5-10H2,1-4H3,(H,16,17). The van der Waals surface area contributed by atoms with Gasteiger partial charge in [0.25, 0.3) is 0 Å². The summed E-state index contributed by atoms with van der Waals surface area (Å²) in [4.78, 5) is 11.8. The van der Waals surface area contributed by atoms with Crippen molar-refractivity contribution < 1.29 is 4.79 Å². The summed E-state index contributed by atoms with van der Waals surface area (Å²) in [5.41, 5.74) is -0.0835. The van der Waals surface area contributed by atoms with E-state index >= 15 is 0 Å². The van der Waals surface area contributed by atoms with Gasteiger partial charge in [-0.1, -0.05) is 13.8 Å². The number of rotatable bonds is 5. The molecule has 0 atom stereocenters. The molecule has 1 aliphatic carbocycles. The molecule has 2 N–H and O–H groups in total. The largest absolute Gasteiger partial charge is 0.350 e. The van der Waals surface area contributed by atoms with Gasteiger partial charge in [0.15, 0.2) is 0 Å². The van der Waals surface area contributed by atoms with E-state index in [4.69, 9.17) is 0 Å². The fraction of sp³-hybridized carbons (Fsp3) is 0.929. The van der Waals surface area contributed by atoms with Crippen molar-refractivity contribution >= 4 is 5.91 Å². The van der Waals surface area contributed by atoms with Crippen LogP contribution in [0.3, 0.4) is 0 Å². The minimum absolute atomic E-state index is 0.0835. The average molecular weight is 240 g/mol. The van der Waals surface area contributed by atoms with Crippen LogP contribution in [0.15, 0.2) is 0 Å². The number of amides is 1. The third kappa shape index (κ3) is 5.53. The monoisotopic (exact) mass is 240 g/mol. The van der Waals surface area contributed by atoms with Crippen molar-refractivity contribution in [1.82, 2.24) is 10.6 Å². The maximum Gasteiger partial charge on any atom is 0.234 e. The van der Waals surface area contributed by atoms with Crippen molar-refractivity contribution in [3.63, 3.8) is 0 Å². The zero-order valence-electron chi connectivity index (χ0n) is 11.8. The van der Waals surface area contributed by atoms with Crippen LogP contribution >= 0.6 is 0 Å². The maximum absolute atomic E-state index is 11.8. The number of carbonyl (C=O) groups excluding carboxylic acids is 1. The van der Waals surface area contributed by atoms with Gasteiger partial charge in [-0.25, -0.2) is 0 Å². The van der Waals surface area contributed by atoms with E-state index in [2.05, 4.69) is 38.3 Å². The van der Waals surface area contributed by atoms with Crippen LogP contribution in [0, 0.1) is 5.92 Å². The smallest absolute Gasteiger partial charge is 0.234 e. The van der Waals surface area contributed by atoms with E-state index in [0.29, 0.717) is 12.6 Å². The SMILES string of the molecule is CCC(C)(C)NC(=O)CNC1CCC(C)CC1. The van der Waals surface area contributed by atoms with Crippen LogP contribution < -0.4 is 10.6 Å². The van der Waals surface area contributed by atoms with Gasteiger partial charge in [0.2, 0.25) is 5.91 Å². The molecule has 1 aliphatic rings. The lowest BCUT2D eigenvalue weighted by Crippen LogP contribution is -2.48. The van der Waals surface area contributed by atoms with Crippen LogP contribution in [-0.4, -0.2) is 24.0 Å². The van der Waals surface area contributed by atoms with Gasteiger partial charge in [0.1, 0.15) is 0 Å². The van der Waals surface area contributed by atoms with E-state index < -0.39 is 0 Å². The fourth-order valence-corrected chi connectivity index (χ4v) is 2.21. The summed E-state index contributed by atoms with van der Waals surface area (Å²) in [6.45, 7) is 8.99. The highest BCUT2D eigenvalue weighted by atomic mass is 16.2. The summed E-state index contributed by atoms with van der Waals surface area (Å²) in [6, 6.07) is 0.543. The predicted molar refractivity (Wildman–Crippen MR) is 71.9 cm³/mol. The normalized spacial score (nSPS) is 25.6. The highest BCUT2D eigenvalue weighted by molar-refractivity contribution is 5.78. The molecule has 0 saturated heterocycles. The lowest BCUT2D eigenvalue weighted by Gasteiger charge is -2.28. The Balaban J connectivity index is 2.20. The van der Waals surface area contributed by atoms with Gasteiger partial charge in [-0.15, -0.1) is 0 Å². The van der Waals surface area contributed by atoms with Crippen molar-refractivity contribution in [3.05, 3.63) is 0 Å². The van der Waals surface area contributed by atoms with E-state index in [1.54, 1.807) is 0 Å². The van der Waals surface area contributed by atoms with Crippen LogP contribution in [0.5, 0.6) is 0 Å². The van der Waals surface area contributed by atoms with Gasteiger partial charge in [-0.05, 0) is 51.9 Å². The van der Waals surface area contributed by atoms with Gasteiger partial charge in [0, 0.05) is 11.6 Å². The Morgan fingerprint density at radius 2 is 1.82 bits per heavy atom. The van der Waals surface area contributed by atoms with Crippen molar-refractivity contribution in [2.45, 2.75) is 71.4 Å². The first-order valence-electron chi connectivity index (χ1n) is 6.97. The molecule has 0 aromatic rings. The summed E-state index contributed by atoms with van der Waals surface area (Å²) in [7, 11) is 0. The first-order chi connectivity index (χ1) is 7.93. The van der Waals surface area contributed by atoms with Crippen molar-refractivity contribution in [2.24, 2.45) is 5.92 Å². The highest BCUT2D eigenvalue weighted by Crippen LogP contribution is 2.23. The molecular formula is C14H28N2O. The summed E-state index contributed by atoms with van der Waals surface area (Å²) >= 11 is 0. The van der Waals surface area contributed by atoms with E-state index in [1.807, 2.05) is 0 Å². The quantitative estimate of drug-likeness (QED) is 0.775. The van der Waals surface area contributed by atoms with Crippen molar-refractivity contribution in [2.75, 3.05) is 6.54 Å². The topological polar surface area (TPSA) is 41.1 Å². The average Bonchev–Trinajstić information content (AvgIpc) is 2.28. The van der Waals surface area contributed by atoms with Crippen LogP contribution in [0.4, 0.5) is 0 Å². The highest BCUT2D eigenvalue weighted by Gasteiger charge is 2.20. The molecule has 1 rings (SSSR count). The van der Waals surface area contributed by atoms with Gasteiger partial charge >= 0.3 is 0 Å². The van der Waals surface area contributed by atoms with Crippen LogP contribution in [0.2, 0.25) is 0 Å². The fourth-order valence-electron chi connectivity index (χ4n) is 2.21. The molecule has 1 saturated carbocycles. The molecule has 100 valence electrons. The molecule has 0 aliphatic heterocycles. The molecule has 0 radical (unpaired) electrons. The Hall–Kier alpha value is -0.570. The molecule has 0 spiro atoms. The van der Waals surface area contributed by atoms with E-state index in [1.165, 1.54) is 25.7 Å². The molecule has 0 aromatic heterocycles. The summed E-state index contributed by atoms with van der Waals surface area (Å²) in [5.74, 6) is 0.983. The third-order valence-corrected chi connectivity index (χ3v) is 3.93. The van der Waals surface area contributed by atoms with Crippen LogP contribution in [0.1, 0.15) is 59.8 Å². The summed E-state index contributed by atoms with van der Waals surface area (Å²) in [5, 5.41) is 6.43. The summed E-state index contributed by atoms with van der Waals surface area (Å²) < 4.78 is 0. The second-order valence-corrected chi connectivity index (χ2v) is 6.12. The minimum atomic E-state index is -0.0835. The Bertz CT molecular complexity index is 243. The molecule has 0 heterocycles. The number of carbonyl (C=O) groups is 1. The van der Waals surface area contributed by atoms with Crippen molar-refractivity contribution in [3.8, 4) is 0 Å². The lowest BCUT2D eigenvalue weighted by molar-refractivity contribution is -0.122. The zero-order chi connectivity index (χ0) is 12.9. The van der Waals surface area contributed by atoms with Gasteiger partial charge in [0.05, 0.1) is 6.54 Å². The van der Waals surface area contributed by atoms with Gasteiger partial charge < -0.3 is 10.6 Å². The number of hydrogen-bond acceptors (Lipinski definition) is 2. The maximum atomic E-state index is 11.8. The third-order valence-electron chi connectivity index (χ3n) is 3.93. The van der Waals surface area contributed by atoms with E-state index in [9.17, 15) is 4.79 Å². The Kier molecular flexibility index (Phi) is 5.44. The van der Waals surface area contributed by atoms with Gasteiger partial charge in [-0.3, -0.25) is 4.79 Å². The summed E-state index contributed by atoms with van der Waals surface area (Å²) in [6.07, 6.45) is 5.97. The van der Waals surface area contributed by atoms with Crippen molar-refractivity contribution in [1.29, 1.82) is 0 Å². The minimum Gasteiger partial charge on any atom is -0.350 e. The first-order valence-corrected chi connectivity index (χ1v) is 6.97. The Labute approximate surface area is 106 Å². The van der Waals surface area contributed by atoms with Crippen LogP contribution in [0.25, 0.3) is 0 Å². The molecular weight excluding hydrogens is 212 g/mol. The predicted octanol–water partition coefficient (Wildman–Crippen LogP) is 2.46. The number of nitrogens with one attached hydrogen (secondary N) is 2. The van der Waals surface area contributed by atoms with E-state index in [0.717, 1.165) is 12.3 Å². The molecule has 3 heteroatoms. The van der Waals surface area contributed by atoms with Crippen LogP contribution in [-0.2, 0) is 4.79 Å². The van der Waals surface area contributed by atoms with Gasteiger partial charge in [-0.2, -0.15) is 0 Å². The molecule has 3 nitrogen and oxygen atoms in total. The lowest BCUT2D eigenvalue weighted by atomic mass is 9.87. The van der Waals surface area contributed by atoms with E-state index in [-0.39, 0.29) is 11.4 Å². The molecule has 0 bridgehead atoms. The molecule has 1 fully saturated rings. The number of hydrogen-bond donors (Lipinski definition) is 2. The zero-order valence-corrected chi connectivity index (χ0v) is 11.8. The Morgan fingerprint density at radius 1 is 1.24 bits per heavy atom. The molecule has 17 heavy (non-hydrogen) atoms. The molecule has 1 amide bonds.